The third-order valence-corrected chi connectivity index (χ3v) is 4.33. The normalized spacial score (nSPS) is 10.7. The van der Waals surface area contributed by atoms with Gasteiger partial charge in [-0.2, -0.15) is 5.10 Å². The molecule has 5 nitrogen and oxygen atoms in total. The highest BCUT2D eigenvalue weighted by Crippen LogP contribution is 2.26. The average molecular weight is 389 g/mol. The zero-order chi connectivity index (χ0) is 19.6. The molecule has 0 radical (unpaired) electrons. The maximum absolute atomic E-state index is 13.1. The number of rotatable bonds is 8. The Morgan fingerprint density at radius 2 is 1.89 bits per heavy atom. The number of ether oxygens (including phenoxy) is 1. The molecular weight excluding hydrogens is 363 g/mol. The molecule has 7 heteroatoms. The second kappa shape index (κ2) is 10.5. The largest absolute Gasteiger partial charge is 0.488 e. The molecule has 2 aromatic rings. The Kier molecular flexibility index (Phi) is 8.00. The van der Waals surface area contributed by atoms with Gasteiger partial charge in [0.25, 0.3) is 0 Å². The van der Waals surface area contributed by atoms with Crippen molar-refractivity contribution in [3.8, 4) is 5.75 Å². The molecule has 0 fully saturated rings. The first-order valence-corrected chi connectivity index (χ1v) is 9.25. The van der Waals surface area contributed by atoms with E-state index in [2.05, 4.69) is 34.6 Å². The highest BCUT2D eigenvalue weighted by Gasteiger charge is 2.08. The van der Waals surface area contributed by atoms with Crippen LogP contribution in [0.3, 0.4) is 0 Å². The Bertz CT molecular complexity index is 776. The summed E-state index contributed by atoms with van der Waals surface area (Å²) in [6, 6.07) is 12.3. The predicted octanol–water partition coefficient (Wildman–Crippen LogP) is 3.68. The molecule has 0 aromatic heterocycles. The van der Waals surface area contributed by atoms with Gasteiger partial charge >= 0.3 is 0 Å². The molecule has 0 atom stereocenters. The van der Waals surface area contributed by atoms with Crippen LogP contribution in [0.4, 0.5) is 10.1 Å². The Labute approximate surface area is 165 Å². The van der Waals surface area contributed by atoms with Gasteiger partial charge in [-0.3, -0.25) is 5.43 Å². The van der Waals surface area contributed by atoms with E-state index in [0.717, 1.165) is 29.9 Å². The SMILES string of the molecule is CCN(CC)c1ccc(/C=N/NC(=S)NC)c(OCc2ccc(F)cc2)c1. The van der Waals surface area contributed by atoms with Gasteiger partial charge in [-0.15, -0.1) is 0 Å². The molecule has 0 unspecified atom stereocenters. The number of anilines is 1. The highest BCUT2D eigenvalue weighted by atomic mass is 32.1. The number of nitrogens with zero attached hydrogens (tertiary/aromatic N) is 2. The number of nitrogens with one attached hydrogen (secondary N) is 2. The number of thiocarbonyl (C=S) groups is 1. The molecule has 2 aromatic carbocycles. The van der Waals surface area contributed by atoms with Gasteiger partial charge in [-0.25, -0.2) is 4.39 Å². The van der Waals surface area contributed by atoms with Crippen molar-refractivity contribution in [1.29, 1.82) is 0 Å². The fraction of sp³-hybridized carbons (Fsp3) is 0.300. The van der Waals surface area contributed by atoms with Crippen LogP contribution >= 0.6 is 12.2 Å². The van der Waals surface area contributed by atoms with Gasteiger partial charge in [-0.05, 0) is 55.9 Å². The smallest absolute Gasteiger partial charge is 0.186 e. The lowest BCUT2D eigenvalue weighted by Gasteiger charge is -2.22. The second-order valence-electron chi connectivity index (χ2n) is 5.76. The quantitative estimate of drug-likeness (QED) is 0.410. The van der Waals surface area contributed by atoms with Crippen LogP contribution in [-0.4, -0.2) is 31.5 Å². The van der Waals surface area contributed by atoms with Crippen molar-refractivity contribution in [2.24, 2.45) is 5.10 Å². The van der Waals surface area contributed by atoms with E-state index in [1.165, 1.54) is 12.1 Å². The highest BCUT2D eigenvalue weighted by molar-refractivity contribution is 7.80. The predicted molar refractivity (Wildman–Crippen MR) is 113 cm³/mol. The molecule has 0 saturated carbocycles. The standard InChI is InChI=1S/C20H25FN4OS/c1-4-25(5-2)18-11-8-16(13-23-24-20(27)22-3)19(12-18)26-14-15-6-9-17(21)10-7-15/h6-13H,4-5,14H2,1-3H3,(H2,22,24,27)/b23-13+. The van der Waals surface area contributed by atoms with Crippen LogP contribution in [0.5, 0.6) is 5.75 Å². The van der Waals surface area contributed by atoms with E-state index in [1.54, 1.807) is 25.4 Å². The van der Waals surface area contributed by atoms with Crippen molar-refractivity contribution in [1.82, 2.24) is 10.7 Å². The first-order valence-electron chi connectivity index (χ1n) is 8.84. The fourth-order valence-electron chi connectivity index (χ4n) is 2.50. The maximum Gasteiger partial charge on any atom is 0.186 e. The van der Waals surface area contributed by atoms with Crippen LogP contribution in [0.2, 0.25) is 0 Å². The lowest BCUT2D eigenvalue weighted by atomic mass is 10.1. The van der Waals surface area contributed by atoms with Gasteiger partial charge in [-0.1, -0.05) is 12.1 Å². The van der Waals surface area contributed by atoms with Gasteiger partial charge in [0.05, 0.1) is 6.21 Å². The summed E-state index contributed by atoms with van der Waals surface area (Å²) < 4.78 is 19.1. The molecule has 0 aliphatic rings. The first-order chi connectivity index (χ1) is 13.1. The van der Waals surface area contributed by atoms with E-state index in [0.29, 0.717) is 17.5 Å². The third-order valence-electron chi connectivity index (χ3n) is 4.03. The minimum atomic E-state index is -0.262. The first kappa shape index (κ1) is 20.6. The zero-order valence-electron chi connectivity index (χ0n) is 15.8. The Balaban J connectivity index is 2.23. The van der Waals surface area contributed by atoms with E-state index < -0.39 is 0 Å². The summed E-state index contributed by atoms with van der Waals surface area (Å²) in [6.07, 6.45) is 1.66. The molecule has 2 N–H and O–H groups in total. The monoisotopic (exact) mass is 388 g/mol. The number of benzene rings is 2. The van der Waals surface area contributed by atoms with Gasteiger partial charge in [0.15, 0.2) is 5.11 Å². The molecule has 0 spiro atoms. The number of hydrazone groups is 1. The summed E-state index contributed by atoms with van der Waals surface area (Å²) in [5.74, 6) is 0.436. The molecular formula is C20H25FN4OS. The molecule has 0 saturated heterocycles. The van der Waals surface area contributed by atoms with E-state index in [9.17, 15) is 4.39 Å². The van der Waals surface area contributed by atoms with Crippen LogP contribution in [0.1, 0.15) is 25.0 Å². The summed E-state index contributed by atoms with van der Waals surface area (Å²) in [7, 11) is 1.72. The van der Waals surface area contributed by atoms with Gasteiger partial charge in [0.1, 0.15) is 18.2 Å². The van der Waals surface area contributed by atoms with Crippen molar-refractivity contribution in [3.63, 3.8) is 0 Å². The van der Waals surface area contributed by atoms with Crippen molar-refractivity contribution < 1.29 is 9.13 Å². The summed E-state index contributed by atoms with van der Waals surface area (Å²) in [4.78, 5) is 2.24. The fourth-order valence-corrected chi connectivity index (χ4v) is 2.55. The summed E-state index contributed by atoms with van der Waals surface area (Å²) in [6.45, 7) is 6.37. The molecule has 2 rings (SSSR count). The van der Waals surface area contributed by atoms with E-state index in [4.69, 9.17) is 17.0 Å². The lowest BCUT2D eigenvalue weighted by Crippen LogP contribution is -2.28. The molecule has 27 heavy (non-hydrogen) atoms. The Morgan fingerprint density at radius 3 is 2.52 bits per heavy atom. The van der Waals surface area contributed by atoms with Crippen LogP contribution < -0.4 is 20.4 Å². The van der Waals surface area contributed by atoms with Crippen molar-refractivity contribution in [3.05, 3.63) is 59.4 Å². The molecule has 144 valence electrons. The average Bonchev–Trinajstić information content (AvgIpc) is 2.69. The molecule has 0 bridgehead atoms. The van der Waals surface area contributed by atoms with Crippen LogP contribution in [0.25, 0.3) is 0 Å². The number of halogens is 1. The van der Waals surface area contributed by atoms with Gasteiger partial charge in [0, 0.05) is 37.5 Å². The maximum atomic E-state index is 13.1. The minimum Gasteiger partial charge on any atom is -0.488 e. The second-order valence-corrected chi connectivity index (χ2v) is 6.17. The van der Waals surface area contributed by atoms with Gasteiger partial charge < -0.3 is 15.0 Å². The Hall–Kier alpha value is -2.67. The van der Waals surface area contributed by atoms with E-state index >= 15 is 0 Å². The molecule has 0 aliphatic heterocycles. The van der Waals surface area contributed by atoms with E-state index in [1.807, 2.05) is 18.2 Å². The van der Waals surface area contributed by atoms with E-state index in [-0.39, 0.29) is 5.82 Å². The van der Waals surface area contributed by atoms with Crippen LogP contribution in [0, 0.1) is 5.82 Å². The van der Waals surface area contributed by atoms with Crippen molar-refractivity contribution in [2.45, 2.75) is 20.5 Å². The summed E-state index contributed by atoms with van der Waals surface area (Å²) in [5, 5.41) is 7.36. The third kappa shape index (κ3) is 6.21. The summed E-state index contributed by atoms with van der Waals surface area (Å²) in [5.41, 5.74) is 5.51. The topological polar surface area (TPSA) is 48.9 Å². The van der Waals surface area contributed by atoms with Crippen molar-refractivity contribution in [2.75, 3.05) is 25.0 Å². The van der Waals surface area contributed by atoms with Crippen molar-refractivity contribution >= 4 is 29.2 Å². The molecule has 0 amide bonds. The Morgan fingerprint density at radius 1 is 1.19 bits per heavy atom. The van der Waals surface area contributed by atoms with Crippen LogP contribution in [0.15, 0.2) is 47.6 Å². The van der Waals surface area contributed by atoms with Crippen LogP contribution in [-0.2, 0) is 6.61 Å². The minimum absolute atomic E-state index is 0.262. The molecule has 0 heterocycles. The number of hydrogen-bond donors (Lipinski definition) is 2. The summed E-state index contributed by atoms with van der Waals surface area (Å²) >= 11 is 5.01. The molecule has 0 aliphatic carbocycles. The zero-order valence-corrected chi connectivity index (χ0v) is 16.6. The van der Waals surface area contributed by atoms with Gasteiger partial charge in [0.2, 0.25) is 0 Å². The number of hydrogen-bond acceptors (Lipinski definition) is 4. The lowest BCUT2D eigenvalue weighted by molar-refractivity contribution is 0.305.